The summed E-state index contributed by atoms with van der Waals surface area (Å²) in [5.41, 5.74) is 1.08. The van der Waals surface area contributed by atoms with Gasteiger partial charge in [0.25, 0.3) is 0 Å². The van der Waals surface area contributed by atoms with Gasteiger partial charge in [0, 0.05) is 18.0 Å². The minimum Gasteiger partial charge on any atom is -0.308 e. The van der Waals surface area contributed by atoms with Crippen LogP contribution in [0.4, 0.5) is 4.39 Å². The summed E-state index contributed by atoms with van der Waals surface area (Å²) >= 11 is 9.47. The number of alkyl halides is 1. The molecule has 0 radical (unpaired) electrons. The van der Waals surface area contributed by atoms with Gasteiger partial charge >= 0.3 is 0 Å². The largest absolute Gasteiger partial charge is 0.308 e. The molecule has 1 nitrogen and oxygen atoms in total. The normalized spacial score (nSPS) is 24.9. The first-order valence-corrected chi connectivity index (χ1v) is 7.21. The second-order valence-electron chi connectivity index (χ2n) is 4.54. The molecule has 4 heteroatoms. The van der Waals surface area contributed by atoms with Gasteiger partial charge in [0.15, 0.2) is 0 Å². The Morgan fingerprint density at radius 1 is 1.35 bits per heavy atom. The van der Waals surface area contributed by atoms with Crippen LogP contribution in [0, 0.1) is 5.82 Å². The zero-order valence-electron chi connectivity index (χ0n) is 9.56. The zero-order chi connectivity index (χ0) is 12.3. The molecule has 1 aliphatic carbocycles. The van der Waals surface area contributed by atoms with Crippen molar-refractivity contribution in [2.75, 3.05) is 0 Å². The lowest BCUT2D eigenvalue weighted by Gasteiger charge is -2.28. The number of halogens is 3. The Morgan fingerprint density at radius 3 is 2.82 bits per heavy atom. The van der Waals surface area contributed by atoms with Gasteiger partial charge in [-0.1, -0.05) is 18.9 Å². The Labute approximate surface area is 115 Å². The van der Waals surface area contributed by atoms with Gasteiger partial charge < -0.3 is 5.32 Å². The third kappa shape index (κ3) is 3.67. The summed E-state index contributed by atoms with van der Waals surface area (Å²) in [4.78, 5) is 0. The van der Waals surface area contributed by atoms with E-state index in [0.29, 0.717) is 10.5 Å². The Morgan fingerprint density at radius 2 is 2.12 bits per heavy atom. The minimum atomic E-state index is -0.221. The van der Waals surface area contributed by atoms with Crippen LogP contribution >= 0.6 is 27.5 Å². The van der Waals surface area contributed by atoms with E-state index in [0.717, 1.165) is 24.9 Å². The lowest BCUT2D eigenvalue weighted by molar-refractivity contribution is 0.378. The Kier molecular flexibility index (Phi) is 4.83. The molecule has 2 rings (SSSR count). The molecule has 2 atom stereocenters. The molecule has 17 heavy (non-hydrogen) atoms. The number of nitrogens with one attached hydrogen (secondary N) is 1. The van der Waals surface area contributed by atoms with E-state index in [-0.39, 0.29) is 11.2 Å². The van der Waals surface area contributed by atoms with Crippen LogP contribution in [0.5, 0.6) is 0 Å². The van der Waals surface area contributed by atoms with Crippen LogP contribution in [-0.2, 0) is 6.54 Å². The molecule has 1 N–H and O–H groups in total. The molecule has 1 aromatic carbocycles. The van der Waals surface area contributed by atoms with Crippen LogP contribution in [-0.4, -0.2) is 11.4 Å². The van der Waals surface area contributed by atoms with Crippen LogP contribution in [0.3, 0.4) is 0 Å². The smallest absolute Gasteiger partial charge is 0.137 e. The van der Waals surface area contributed by atoms with Gasteiger partial charge in [0.05, 0.1) is 4.47 Å². The van der Waals surface area contributed by atoms with Gasteiger partial charge in [-0.2, -0.15) is 0 Å². The monoisotopic (exact) mass is 319 g/mol. The highest BCUT2D eigenvalue weighted by molar-refractivity contribution is 9.10. The third-order valence-corrected chi connectivity index (χ3v) is 4.36. The van der Waals surface area contributed by atoms with Crippen molar-refractivity contribution in [3.63, 3.8) is 0 Å². The molecule has 1 saturated carbocycles. The van der Waals surface area contributed by atoms with Crippen molar-refractivity contribution in [1.29, 1.82) is 0 Å². The van der Waals surface area contributed by atoms with E-state index in [4.69, 9.17) is 11.6 Å². The van der Waals surface area contributed by atoms with Gasteiger partial charge in [-0.3, -0.25) is 0 Å². The quantitative estimate of drug-likeness (QED) is 0.822. The van der Waals surface area contributed by atoms with Crippen molar-refractivity contribution in [2.24, 2.45) is 0 Å². The molecule has 1 aromatic rings. The number of rotatable bonds is 3. The van der Waals surface area contributed by atoms with Crippen LogP contribution in [0.1, 0.15) is 31.2 Å². The first-order valence-electron chi connectivity index (χ1n) is 5.98. The van der Waals surface area contributed by atoms with E-state index < -0.39 is 0 Å². The highest BCUT2D eigenvalue weighted by atomic mass is 79.9. The molecule has 0 aromatic heterocycles. The van der Waals surface area contributed by atoms with E-state index >= 15 is 0 Å². The maximum absolute atomic E-state index is 13.1. The molecule has 2 unspecified atom stereocenters. The summed E-state index contributed by atoms with van der Waals surface area (Å²) in [6, 6.07) is 5.49. The maximum Gasteiger partial charge on any atom is 0.137 e. The Balaban J connectivity index is 1.90. The summed E-state index contributed by atoms with van der Waals surface area (Å²) < 4.78 is 13.6. The van der Waals surface area contributed by atoms with Crippen molar-refractivity contribution in [3.05, 3.63) is 34.1 Å². The predicted octanol–water partition coefficient (Wildman–Crippen LogP) is 4.23. The second-order valence-corrected chi connectivity index (χ2v) is 5.95. The lowest BCUT2D eigenvalue weighted by atomic mass is 9.95. The Hall–Kier alpha value is -0.120. The summed E-state index contributed by atoms with van der Waals surface area (Å²) in [7, 11) is 0. The number of hydrogen-bond donors (Lipinski definition) is 1. The first kappa shape index (κ1) is 13.3. The molecule has 0 amide bonds. The van der Waals surface area contributed by atoms with Crippen molar-refractivity contribution in [3.8, 4) is 0 Å². The first-order chi connectivity index (χ1) is 8.16. The highest BCUT2D eigenvalue weighted by Gasteiger charge is 2.22. The molecular formula is C13H16BrClFN. The standard InChI is InChI=1S/C13H16BrClFN/c14-10-7-9(5-6-12(10)16)8-17-13-4-2-1-3-11(13)15/h5-7,11,13,17H,1-4,8H2. The molecular weight excluding hydrogens is 305 g/mol. The zero-order valence-corrected chi connectivity index (χ0v) is 11.9. The van der Waals surface area contributed by atoms with Gasteiger partial charge in [0.2, 0.25) is 0 Å². The SMILES string of the molecule is Fc1ccc(CNC2CCCCC2Cl)cc1Br. The molecule has 1 aliphatic rings. The maximum atomic E-state index is 13.1. The van der Waals surface area contributed by atoms with Crippen molar-refractivity contribution in [1.82, 2.24) is 5.32 Å². The second kappa shape index (κ2) is 6.17. The fraction of sp³-hybridized carbons (Fsp3) is 0.538. The van der Waals surface area contributed by atoms with E-state index in [1.54, 1.807) is 6.07 Å². The fourth-order valence-corrected chi connectivity index (χ4v) is 3.01. The van der Waals surface area contributed by atoms with Crippen molar-refractivity contribution >= 4 is 27.5 Å². The van der Waals surface area contributed by atoms with Gasteiger partial charge in [-0.25, -0.2) is 4.39 Å². The molecule has 0 heterocycles. The third-order valence-electron chi connectivity index (χ3n) is 3.23. The van der Waals surface area contributed by atoms with Crippen LogP contribution < -0.4 is 5.32 Å². The van der Waals surface area contributed by atoms with E-state index in [2.05, 4.69) is 21.2 Å². The topological polar surface area (TPSA) is 12.0 Å². The molecule has 1 fully saturated rings. The average molecular weight is 321 g/mol. The van der Waals surface area contributed by atoms with E-state index in [1.807, 2.05) is 6.07 Å². The minimum absolute atomic E-state index is 0.221. The van der Waals surface area contributed by atoms with Gasteiger partial charge in [-0.05, 0) is 46.5 Å². The molecule has 0 saturated heterocycles. The summed E-state index contributed by atoms with van der Waals surface area (Å²) in [5.74, 6) is -0.221. The van der Waals surface area contributed by atoms with Crippen LogP contribution in [0.25, 0.3) is 0 Å². The average Bonchev–Trinajstić information content (AvgIpc) is 2.32. The molecule has 0 aliphatic heterocycles. The highest BCUT2D eigenvalue weighted by Crippen LogP contribution is 2.23. The lowest BCUT2D eigenvalue weighted by Crippen LogP contribution is -2.38. The van der Waals surface area contributed by atoms with Crippen LogP contribution in [0.15, 0.2) is 22.7 Å². The Bertz CT molecular complexity index is 386. The summed E-state index contributed by atoms with van der Waals surface area (Å²) in [6.07, 6.45) is 4.70. The fourth-order valence-electron chi connectivity index (χ4n) is 2.21. The number of hydrogen-bond acceptors (Lipinski definition) is 1. The van der Waals surface area contributed by atoms with Crippen molar-refractivity contribution < 1.29 is 4.39 Å². The molecule has 94 valence electrons. The van der Waals surface area contributed by atoms with Gasteiger partial charge in [0.1, 0.15) is 5.82 Å². The van der Waals surface area contributed by atoms with Crippen LogP contribution in [0.2, 0.25) is 0 Å². The predicted molar refractivity (Wildman–Crippen MR) is 72.8 cm³/mol. The van der Waals surface area contributed by atoms with Crippen molar-refractivity contribution in [2.45, 2.75) is 43.6 Å². The molecule has 0 bridgehead atoms. The summed E-state index contributed by atoms with van der Waals surface area (Å²) in [5, 5.41) is 3.69. The summed E-state index contributed by atoms with van der Waals surface area (Å²) in [6.45, 7) is 0.743. The van der Waals surface area contributed by atoms with E-state index in [1.165, 1.54) is 18.9 Å². The van der Waals surface area contributed by atoms with Gasteiger partial charge in [-0.15, -0.1) is 11.6 Å². The van der Waals surface area contributed by atoms with E-state index in [9.17, 15) is 4.39 Å². The molecule has 0 spiro atoms. The number of benzene rings is 1.